The lowest BCUT2D eigenvalue weighted by Crippen LogP contribution is -2.37. The van der Waals surface area contributed by atoms with Gasteiger partial charge in [0.05, 0.1) is 23.9 Å². The normalized spacial score (nSPS) is 21.6. The minimum atomic E-state index is -1.70. The number of hydrogen-bond donors (Lipinski definition) is 5. The monoisotopic (exact) mass is 831 g/mol. The highest BCUT2D eigenvalue weighted by Crippen LogP contribution is 2.31. The van der Waals surface area contributed by atoms with Crippen LogP contribution in [0.1, 0.15) is 80.8 Å². The highest BCUT2D eigenvalue weighted by molar-refractivity contribution is 5.94. The van der Waals surface area contributed by atoms with Crippen molar-refractivity contribution in [2.45, 2.75) is 63.2 Å². The van der Waals surface area contributed by atoms with Gasteiger partial charge in [0.25, 0.3) is 23.6 Å². The van der Waals surface area contributed by atoms with Crippen molar-refractivity contribution in [1.82, 2.24) is 44.6 Å². The fraction of sp³-hybridized carbons (Fsp3) is 0.405. The maximum Gasteiger partial charge on any atom is 0.309 e. The summed E-state index contributed by atoms with van der Waals surface area (Å²) in [7, 11) is 3.26. The number of hydrogen-bond acceptors (Lipinski definition) is 13. The van der Waals surface area contributed by atoms with E-state index in [9.17, 15) is 34.2 Å². The minimum absolute atomic E-state index is 0.103. The summed E-state index contributed by atoms with van der Waals surface area (Å²) < 4.78 is 8.30. The lowest BCUT2D eigenvalue weighted by molar-refractivity contribution is -0.148. The number of fused-ring (bicyclic) bond motifs is 2. The number of nitrogens with one attached hydrogen (secondary N) is 1. The van der Waals surface area contributed by atoms with E-state index in [2.05, 4.69) is 49.2 Å². The lowest BCUT2D eigenvalue weighted by atomic mass is 9.86. The maximum atomic E-state index is 12.2. The van der Waals surface area contributed by atoms with Gasteiger partial charge in [-0.15, -0.1) is 0 Å². The van der Waals surface area contributed by atoms with Gasteiger partial charge >= 0.3 is 5.97 Å². The molecule has 61 heavy (non-hydrogen) atoms. The molecule has 3 atom stereocenters. The van der Waals surface area contributed by atoms with Crippen molar-refractivity contribution in [2.24, 2.45) is 17.4 Å². The molecule has 4 aromatic rings. The van der Waals surface area contributed by atoms with Crippen molar-refractivity contribution in [3.8, 4) is 35.3 Å². The van der Waals surface area contributed by atoms with Crippen molar-refractivity contribution in [2.75, 3.05) is 40.3 Å². The number of pyridine rings is 2. The summed E-state index contributed by atoms with van der Waals surface area (Å²) in [6, 6.07) is 6.72. The zero-order chi connectivity index (χ0) is 43.6. The number of rotatable bonds is 6. The number of amides is 4. The fourth-order valence-corrected chi connectivity index (χ4v) is 7.71. The number of nitrogens with two attached hydrogens (primary N) is 2. The smallest absolute Gasteiger partial charge is 0.309 e. The van der Waals surface area contributed by atoms with Crippen molar-refractivity contribution in [3.05, 3.63) is 81.7 Å². The van der Waals surface area contributed by atoms with Crippen LogP contribution >= 0.6 is 0 Å². The van der Waals surface area contributed by atoms with Crippen LogP contribution in [-0.2, 0) is 44.9 Å². The SMILES string of the molecule is CCOC(=O)C1CCc2c(c(C(N)=O)nn2-c2cc(C#C[C@]3(O)CCN(C)C3=O)ccn2)C1.CN1CC[C@@](O)(C#Cc2ccnc(-n3nc(C(N)=O)c4c3CCNC4)c2)C1=O. The van der Waals surface area contributed by atoms with Crippen LogP contribution in [0.25, 0.3) is 11.6 Å². The van der Waals surface area contributed by atoms with Crippen LogP contribution in [0.15, 0.2) is 36.7 Å². The predicted octanol–water partition coefficient (Wildman–Crippen LogP) is -1.06. The molecule has 0 aromatic carbocycles. The van der Waals surface area contributed by atoms with Crippen LogP contribution in [0.3, 0.4) is 0 Å². The summed E-state index contributed by atoms with van der Waals surface area (Å²) in [5.74, 6) is 9.26. The van der Waals surface area contributed by atoms with E-state index in [1.807, 2.05) is 0 Å². The molecule has 19 heteroatoms. The topological polar surface area (TPSA) is 267 Å². The van der Waals surface area contributed by atoms with E-state index in [4.69, 9.17) is 16.2 Å². The van der Waals surface area contributed by atoms with Crippen LogP contribution in [0.2, 0.25) is 0 Å². The maximum absolute atomic E-state index is 12.2. The second-order valence-electron chi connectivity index (χ2n) is 15.2. The van der Waals surface area contributed by atoms with Crippen molar-refractivity contribution < 1.29 is 38.9 Å². The molecule has 0 saturated carbocycles. The van der Waals surface area contributed by atoms with Crippen molar-refractivity contribution >= 4 is 29.6 Å². The summed E-state index contributed by atoms with van der Waals surface area (Å²) in [4.78, 5) is 71.8. The molecule has 8 rings (SSSR count). The van der Waals surface area contributed by atoms with Gasteiger partial charge in [-0.05, 0) is 50.5 Å². The standard InChI is InChI=1S/C23H25N5O5.C19H20N6O3/c1-3-33-21(30)15-4-5-17-16(13-15)19(20(24)29)26-28(17)18-12-14(7-10-25-18)6-8-23(32)9-11-27(2)22(23)31;1-24-9-6-19(28,18(24)27)5-2-12-3-8-22-15(10-12)25-14-4-7-21-11-13(14)16(23-25)17(20)26/h7,10,12,15,32H,3-5,9,11,13H2,1-2H3,(H2,24,29);3,8,10,21,28H,4,6-7,9,11H2,1H3,(H2,20,26)/t15?,23-;19-/m00/s1. The molecular weight excluding hydrogens is 787 g/mol. The van der Waals surface area contributed by atoms with Crippen LogP contribution in [0.5, 0.6) is 0 Å². The van der Waals surface area contributed by atoms with Gasteiger partial charge in [0.15, 0.2) is 23.0 Å². The number of aromatic nitrogens is 6. The molecule has 2 saturated heterocycles. The summed E-state index contributed by atoms with van der Waals surface area (Å²) in [6.45, 7) is 4.23. The second-order valence-corrected chi connectivity index (χ2v) is 15.2. The molecule has 4 aliphatic rings. The molecule has 4 amide bonds. The molecule has 7 N–H and O–H groups in total. The van der Waals surface area contributed by atoms with E-state index in [-0.39, 0.29) is 36.1 Å². The van der Waals surface area contributed by atoms with Crippen molar-refractivity contribution in [1.29, 1.82) is 0 Å². The number of ether oxygens (including phenoxy) is 1. The summed E-state index contributed by atoms with van der Waals surface area (Å²) in [6.07, 6.45) is 5.68. The molecule has 0 bridgehead atoms. The molecule has 0 spiro atoms. The fourth-order valence-electron chi connectivity index (χ4n) is 7.71. The number of nitrogens with zero attached hydrogens (tertiary/aromatic N) is 8. The Kier molecular flexibility index (Phi) is 11.7. The lowest BCUT2D eigenvalue weighted by Gasteiger charge is -2.21. The van der Waals surface area contributed by atoms with Crippen LogP contribution in [0, 0.1) is 29.6 Å². The number of likely N-dealkylation sites (tertiary alicyclic amines) is 2. The third-order valence-electron chi connectivity index (χ3n) is 11.1. The number of carbonyl (C=O) groups is 5. The Morgan fingerprint density at radius 2 is 1.34 bits per heavy atom. The quantitative estimate of drug-likeness (QED) is 0.115. The Balaban J connectivity index is 0.000000186. The summed E-state index contributed by atoms with van der Waals surface area (Å²) >= 11 is 0. The largest absolute Gasteiger partial charge is 0.466 e. The molecule has 4 aromatic heterocycles. The highest BCUT2D eigenvalue weighted by atomic mass is 16.5. The molecule has 19 nitrogen and oxygen atoms in total. The number of aliphatic hydroxyl groups is 2. The van der Waals surface area contributed by atoms with Crippen LogP contribution in [0.4, 0.5) is 0 Å². The summed E-state index contributed by atoms with van der Waals surface area (Å²) in [5, 5.41) is 32.9. The average molecular weight is 832 g/mol. The zero-order valence-corrected chi connectivity index (χ0v) is 33.9. The van der Waals surface area contributed by atoms with Crippen LogP contribution in [-0.4, -0.2) is 131 Å². The molecule has 316 valence electrons. The minimum Gasteiger partial charge on any atom is -0.466 e. The first-order valence-corrected chi connectivity index (χ1v) is 19.8. The van der Waals surface area contributed by atoms with Gasteiger partial charge < -0.3 is 41.5 Å². The van der Waals surface area contributed by atoms with E-state index >= 15 is 0 Å². The Morgan fingerprint density at radius 1 is 0.836 bits per heavy atom. The first-order chi connectivity index (χ1) is 29.1. The van der Waals surface area contributed by atoms with E-state index in [1.54, 1.807) is 60.8 Å². The number of likely N-dealkylation sites (N-methyl/N-ethyl adjacent to an activating group) is 2. The van der Waals surface area contributed by atoms with Gasteiger partial charge in [-0.1, -0.05) is 23.7 Å². The van der Waals surface area contributed by atoms with E-state index in [0.717, 1.165) is 23.5 Å². The van der Waals surface area contributed by atoms with E-state index < -0.39 is 34.8 Å². The zero-order valence-electron chi connectivity index (χ0n) is 33.9. The van der Waals surface area contributed by atoms with E-state index in [0.29, 0.717) is 80.3 Å². The molecule has 3 aliphatic heterocycles. The number of primary amides is 2. The predicted molar refractivity (Wildman–Crippen MR) is 215 cm³/mol. The van der Waals surface area contributed by atoms with Gasteiger partial charge in [0.1, 0.15) is 0 Å². The average Bonchev–Trinajstić information content (AvgIpc) is 3.99. The summed E-state index contributed by atoms with van der Waals surface area (Å²) in [5.41, 5.74) is 12.2. The molecular formula is C42H45N11O8. The molecule has 7 heterocycles. The van der Waals surface area contributed by atoms with Gasteiger partial charge in [0.2, 0.25) is 11.2 Å². The van der Waals surface area contributed by atoms with Gasteiger partial charge in [-0.2, -0.15) is 10.2 Å². The van der Waals surface area contributed by atoms with Crippen molar-refractivity contribution in [3.63, 3.8) is 0 Å². The first-order valence-electron chi connectivity index (χ1n) is 19.8. The van der Waals surface area contributed by atoms with Gasteiger partial charge in [-0.3, -0.25) is 24.0 Å². The molecule has 1 unspecified atom stereocenters. The Labute approximate surface area is 350 Å². The third kappa shape index (κ3) is 8.44. The second kappa shape index (κ2) is 17.0. The highest BCUT2D eigenvalue weighted by Gasteiger charge is 2.43. The molecule has 1 aliphatic carbocycles. The van der Waals surface area contributed by atoms with E-state index in [1.165, 1.54) is 16.0 Å². The third-order valence-corrected chi connectivity index (χ3v) is 11.1. The molecule has 0 radical (unpaired) electrons. The Hall–Kier alpha value is -6.93. The number of carbonyl (C=O) groups excluding carboxylic acids is 5. The van der Waals surface area contributed by atoms with Crippen LogP contribution < -0.4 is 16.8 Å². The first kappa shape index (κ1) is 42.2. The molecule has 2 fully saturated rings. The Bertz CT molecular complexity index is 2580. The number of esters is 1. The van der Waals surface area contributed by atoms with Gasteiger partial charge in [-0.25, -0.2) is 19.3 Å². The Morgan fingerprint density at radius 3 is 1.82 bits per heavy atom. The van der Waals surface area contributed by atoms with Gasteiger partial charge in [0, 0.05) is 94.2 Å².